The molecular formula is C28H29ClN4O3. The molecule has 2 aromatic heterocycles. The van der Waals surface area contributed by atoms with E-state index in [1.165, 1.54) is 7.11 Å². The third-order valence-electron chi connectivity index (χ3n) is 6.95. The van der Waals surface area contributed by atoms with Gasteiger partial charge in [-0.15, -0.1) is 0 Å². The second-order valence-electron chi connectivity index (χ2n) is 9.45. The first-order chi connectivity index (χ1) is 17.4. The molecule has 0 unspecified atom stereocenters. The molecule has 2 aromatic carbocycles. The van der Waals surface area contributed by atoms with Gasteiger partial charge in [0.15, 0.2) is 11.5 Å². The fourth-order valence-electron chi connectivity index (χ4n) is 5.07. The maximum absolute atomic E-state index is 14.0. The van der Waals surface area contributed by atoms with E-state index in [4.69, 9.17) is 20.8 Å². The second-order valence-corrected chi connectivity index (χ2v) is 9.89. The molecule has 8 heteroatoms. The normalized spacial score (nSPS) is 17.9. The number of likely N-dealkylation sites (tertiary alicyclic amines) is 1. The number of oxazole rings is 1. The van der Waals surface area contributed by atoms with Crippen LogP contribution in [0, 0.1) is 12.8 Å². The van der Waals surface area contributed by atoms with Gasteiger partial charge in [-0.3, -0.25) is 4.79 Å². The average molecular weight is 505 g/mol. The lowest BCUT2D eigenvalue weighted by Crippen LogP contribution is -2.48. The fraction of sp³-hybridized carbons (Fsp3) is 0.357. The van der Waals surface area contributed by atoms with Gasteiger partial charge in [0.25, 0.3) is 5.91 Å². The summed E-state index contributed by atoms with van der Waals surface area (Å²) in [4.78, 5) is 29.1. The van der Waals surface area contributed by atoms with Crippen LogP contribution in [0.1, 0.15) is 48.0 Å². The number of rotatable bonds is 6. The van der Waals surface area contributed by atoms with Crippen molar-refractivity contribution in [2.75, 3.05) is 13.7 Å². The quantitative estimate of drug-likeness (QED) is 0.314. The molecule has 3 heterocycles. The molecule has 0 radical (unpaired) electrons. The number of hydrogen-bond acceptors (Lipinski definition) is 6. The summed E-state index contributed by atoms with van der Waals surface area (Å²) >= 11 is 6.10. The number of aromatic nitrogens is 3. The van der Waals surface area contributed by atoms with E-state index in [-0.39, 0.29) is 11.9 Å². The summed E-state index contributed by atoms with van der Waals surface area (Å²) in [5, 5.41) is 0.635. The molecule has 1 aliphatic rings. The Labute approximate surface area is 215 Å². The number of carbonyl (C=O) groups excluding carboxylic acids is 1. The van der Waals surface area contributed by atoms with E-state index in [0.29, 0.717) is 34.8 Å². The Kier molecular flexibility index (Phi) is 6.92. The Morgan fingerprint density at radius 3 is 2.78 bits per heavy atom. The first-order valence-corrected chi connectivity index (χ1v) is 12.6. The van der Waals surface area contributed by atoms with Crippen molar-refractivity contribution >= 4 is 28.6 Å². The van der Waals surface area contributed by atoms with Gasteiger partial charge in [0.2, 0.25) is 0 Å². The molecule has 1 fully saturated rings. The van der Waals surface area contributed by atoms with Gasteiger partial charge in [0.05, 0.1) is 7.11 Å². The molecule has 5 rings (SSSR count). The molecule has 0 bridgehead atoms. The van der Waals surface area contributed by atoms with E-state index in [9.17, 15) is 4.79 Å². The van der Waals surface area contributed by atoms with Crippen LogP contribution in [0.2, 0.25) is 5.02 Å². The number of carbonyl (C=O) groups is 1. The van der Waals surface area contributed by atoms with E-state index >= 15 is 0 Å². The highest BCUT2D eigenvalue weighted by Crippen LogP contribution is 2.32. The molecule has 36 heavy (non-hydrogen) atoms. The minimum absolute atomic E-state index is 0.0328. The predicted molar refractivity (Wildman–Crippen MR) is 139 cm³/mol. The predicted octanol–water partition coefficient (Wildman–Crippen LogP) is 6.13. The first kappa shape index (κ1) is 24.3. The highest BCUT2D eigenvalue weighted by molar-refractivity contribution is 6.31. The molecule has 186 valence electrons. The van der Waals surface area contributed by atoms with Crippen molar-refractivity contribution in [3.63, 3.8) is 0 Å². The Bertz CT molecular complexity index is 1390. The van der Waals surface area contributed by atoms with Crippen molar-refractivity contribution in [2.45, 2.75) is 45.6 Å². The van der Waals surface area contributed by atoms with Crippen molar-refractivity contribution in [1.29, 1.82) is 0 Å². The van der Waals surface area contributed by atoms with Gasteiger partial charge < -0.3 is 14.1 Å². The Hall–Kier alpha value is -3.45. The third-order valence-corrected chi connectivity index (χ3v) is 7.19. The zero-order chi connectivity index (χ0) is 25.2. The highest BCUT2D eigenvalue weighted by Gasteiger charge is 2.33. The maximum atomic E-state index is 14.0. The lowest BCUT2D eigenvalue weighted by molar-refractivity contribution is 0.0497. The standard InChI is InChI=1S/C28H29ClN4O3/c1-17-6-8-21(19-15-30-28(35-3)31-16-19)22(13-17)27(34)33-12-4-5-18(2)24(33)9-11-26-32-23-14-20(29)7-10-25(23)36-26/h6-8,10,13-16,18,24H,4-5,9,11-12H2,1-3H3/t18-,24-/m1/s1. The number of halogens is 1. The molecule has 0 spiro atoms. The number of benzene rings is 2. The van der Waals surface area contributed by atoms with Gasteiger partial charge in [-0.1, -0.05) is 36.2 Å². The molecular weight excluding hydrogens is 476 g/mol. The van der Waals surface area contributed by atoms with Crippen LogP contribution < -0.4 is 4.74 Å². The van der Waals surface area contributed by atoms with Gasteiger partial charge >= 0.3 is 6.01 Å². The smallest absolute Gasteiger partial charge is 0.316 e. The first-order valence-electron chi connectivity index (χ1n) is 12.3. The number of ether oxygens (including phenoxy) is 1. The number of hydrogen-bond donors (Lipinski definition) is 0. The molecule has 2 atom stereocenters. The number of fused-ring (bicyclic) bond motifs is 1. The molecule has 4 aromatic rings. The minimum Gasteiger partial charge on any atom is -0.467 e. The SMILES string of the molecule is COc1ncc(-c2ccc(C)cc2C(=O)N2CCC[C@@H](C)[C@H]2CCc2nc3cc(Cl)ccc3o2)cn1. The number of methoxy groups -OCH3 is 1. The summed E-state index contributed by atoms with van der Waals surface area (Å²) in [6.45, 7) is 4.95. The van der Waals surface area contributed by atoms with Gasteiger partial charge in [-0.25, -0.2) is 15.0 Å². The van der Waals surface area contributed by atoms with Crippen LogP contribution in [-0.2, 0) is 6.42 Å². The van der Waals surface area contributed by atoms with Gasteiger partial charge in [-0.05, 0) is 61.9 Å². The van der Waals surface area contributed by atoms with Crippen molar-refractivity contribution in [3.05, 3.63) is 70.8 Å². The Morgan fingerprint density at radius 2 is 2.00 bits per heavy atom. The van der Waals surface area contributed by atoms with E-state index in [2.05, 4.69) is 21.9 Å². The molecule has 1 saturated heterocycles. The molecule has 1 amide bonds. The van der Waals surface area contributed by atoms with Crippen LogP contribution in [0.3, 0.4) is 0 Å². The summed E-state index contributed by atoms with van der Waals surface area (Å²) < 4.78 is 11.0. The Balaban J connectivity index is 1.41. The van der Waals surface area contributed by atoms with Crippen LogP contribution in [0.25, 0.3) is 22.2 Å². The van der Waals surface area contributed by atoms with Crippen LogP contribution >= 0.6 is 11.6 Å². The summed E-state index contributed by atoms with van der Waals surface area (Å²) in [5.41, 5.74) is 4.79. The molecule has 7 nitrogen and oxygen atoms in total. The van der Waals surface area contributed by atoms with Gasteiger partial charge in [0, 0.05) is 47.6 Å². The van der Waals surface area contributed by atoms with Crippen LogP contribution in [0.15, 0.2) is 53.2 Å². The van der Waals surface area contributed by atoms with Gasteiger partial charge in [-0.2, -0.15) is 0 Å². The maximum Gasteiger partial charge on any atom is 0.316 e. The molecule has 0 N–H and O–H groups in total. The number of piperidine rings is 1. The lowest BCUT2D eigenvalue weighted by atomic mass is 9.86. The van der Waals surface area contributed by atoms with Crippen molar-refractivity contribution in [1.82, 2.24) is 19.9 Å². The Morgan fingerprint density at radius 1 is 1.19 bits per heavy atom. The summed E-state index contributed by atoms with van der Waals surface area (Å²) in [5.74, 6) is 1.08. The largest absolute Gasteiger partial charge is 0.467 e. The summed E-state index contributed by atoms with van der Waals surface area (Å²) in [6.07, 6.45) is 6.90. The van der Waals surface area contributed by atoms with Crippen LogP contribution in [-0.4, -0.2) is 45.5 Å². The van der Waals surface area contributed by atoms with Crippen molar-refractivity contribution in [3.8, 4) is 17.1 Å². The van der Waals surface area contributed by atoms with Crippen LogP contribution in [0.5, 0.6) is 6.01 Å². The van der Waals surface area contributed by atoms with E-state index in [1.54, 1.807) is 18.5 Å². The van der Waals surface area contributed by atoms with E-state index < -0.39 is 0 Å². The second kappa shape index (κ2) is 10.3. The fourth-order valence-corrected chi connectivity index (χ4v) is 5.24. The van der Waals surface area contributed by atoms with Crippen molar-refractivity contribution < 1.29 is 13.9 Å². The number of aryl methyl sites for hydroxylation is 2. The molecule has 1 aliphatic heterocycles. The average Bonchev–Trinajstić information content (AvgIpc) is 3.29. The lowest BCUT2D eigenvalue weighted by Gasteiger charge is -2.40. The third kappa shape index (κ3) is 4.93. The van der Waals surface area contributed by atoms with E-state index in [0.717, 1.165) is 53.6 Å². The minimum atomic E-state index is 0.0328. The molecule has 0 aliphatic carbocycles. The highest BCUT2D eigenvalue weighted by atomic mass is 35.5. The molecule has 0 saturated carbocycles. The zero-order valence-electron chi connectivity index (χ0n) is 20.7. The van der Waals surface area contributed by atoms with E-state index in [1.807, 2.05) is 42.2 Å². The topological polar surface area (TPSA) is 81.4 Å². The monoisotopic (exact) mass is 504 g/mol. The van der Waals surface area contributed by atoms with Crippen LogP contribution in [0.4, 0.5) is 0 Å². The number of nitrogens with zero attached hydrogens (tertiary/aromatic N) is 4. The summed E-state index contributed by atoms with van der Waals surface area (Å²) in [7, 11) is 1.53. The van der Waals surface area contributed by atoms with Crippen molar-refractivity contribution in [2.24, 2.45) is 5.92 Å². The summed E-state index contributed by atoms with van der Waals surface area (Å²) in [6, 6.07) is 11.8. The zero-order valence-corrected chi connectivity index (χ0v) is 21.5. The van der Waals surface area contributed by atoms with Gasteiger partial charge in [0.1, 0.15) is 5.52 Å². The number of amides is 1.